The minimum Gasteiger partial charge on any atom is -0.507 e. The molecule has 0 aromatic heterocycles. The van der Waals surface area contributed by atoms with Gasteiger partial charge in [-0.05, 0) is 59.6 Å². The molecule has 4 rings (SSSR count). The Morgan fingerprint density at radius 1 is 0.970 bits per heavy atom. The van der Waals surface area contributed by atoms with E-state index in [-0.39, 0.29) is 34.4 Å². The molecule has 2 aliphatic rings. The number of hydrogen-bond donors (Lipinski definition) is 1. The van der Waals surface area contributed by atoms with Gasteiger partial charge in [-0.1, -0.05) is 66.7 Å². The summed E-state index contributed by atoms with van der Waals surface area (Å²) in [6.45, 7) is 16.5. The van der Waals surface area contributed by atoms with Gasteiger partial charge >= 0.3 is 0 Å². The highest BCUT2D eigenvalue weighted by Gasteiger charge is 2.38. The number of aryl methyl sites for hydroxylation is 1. The number of carbonyl (C=O) groups is 1. The van der Waals surface area contributed by atoms with Crippen LogP contribution in [0.4, 0.5) is 5.69 Å². The van der Waals surface area contributed by atoms with Gasteiger partial charge < -0.3 is 9.84 Å². The predicted molar refractivity (Wildman–Crippen MR) is 134 cm³/mol. The van der Waals surface area contributed by atoms with Crippen molar-refractivity contribution in [3.63, 3.8) is 0 Å². The van der Waals surface area contributed by atoms with Crippen LogP contribution in [0.3, 0.4) is 0 Å². The van der Waals surface area contributed by atoms with Crippen molar-refractivity contribution >= 4 is 11.6 Å². The first kappa shape index (κ1) is 23.2. The Morgan fingerprint density at radius 3 is 2.15 bits per heavy atom. The van der Waals surface area contributed by atoms with E-state index in [1.165, 1.54) is 0 Å². The third-order valence-electron chi connectivity index (χ3n) is 6.39. The van der Waals surface area contributed by atoms with Gasteiger partial charge in [0.15, 0.2) is 5.75 Å². The Balaban J connectivity index is 1.91. The van der Waals surface area contributed by atoms with Crippen molar-refractivity contribution in [1.29, 1.82) is 0 Å². The van der Waals surface area contributed by atoms with Crippen LogP contribution in [0.15, 0.2) is 54.3 Å². The average Bonchev–Trinajstić information content (AvgIpc) is 2.69. The maximum atomic E-state index is 14.2. The number of hydrogen-bond acceptors (Lipinski definition) is 3. The zero-order valence-corrected chi connectivity index (χ0v) is 21.0. The summed E-state index contributed by atoms with van der Waals surface area (Å²) in [6, 6.07) is 9.36. The highest BCUT2D eigenvalue weighted by molar-refractivity contribution is 6.09. The van der Waals surface area contributed by atoms with Gasteiger partial charge in [0.1, 0.15) is 17.6 Å². The number of carbonyl (C=O) groups excluding carboxylic acids is 1. The number of rotatable bonds is 1. The number of fused-ring (bicyclic) bond motifs is 2. The molecule has 0 spiro atoms. The van der Waals surface area contributed by atoms with Crippen molar-refractivity contribution in [2.24, 2.45) is 5.92 Å². The number of allylic oxidation sites excluding steroid dienone is 2. The van der Waals surface area contributed by atoms with Gasteiger partial charge in [-0.3, -0.25) is 9.69 Å². The molecular formula is C29H35NO3. The molecule has 0 bridgehead atoms. The van der Waals surface area contributed by atoms with Crippen LogP contribution in [-0.4, -0.2) is 17.1 Å². The maximum Gasteiger partial charge on any atom is 0.259 e. The molecule has 0 fully saturated rings. The van der Waals surface area contributed by atoms with Crippen LogP contribution in [0.1, 0.15) is 75.5 Å². The molecule has 4 heteroatoms. The predicted octanol–water partition coefficient (Wildman–Crippen LogP) is 6.79. The Kier molecular flexibility index (Phi) is 5.47. The minimum absolute atomic E-state index is 0.102. The fourth-order valence-electron chi connectivity index (χ4n) is 4.55. The largest absolute Gasteiger partial charge is 0.507 e. The second-order valence-corrected chi connectivity index (χ2v) is 11.4. The van der Waals surface area contributed by atoms with Crippen molar-refractivity contribution in [2.75, 3.05) is 4.90 Å². The summed E-state index contributed by atoms with van der Waals surface area (Å²) in [6.07, 6.45) is 6.24. The number of anilines is 1. The molecule has 2 unspecified atom stereocenters. The fourth-order valence-corrected chi connectivity index (χ4v) is 4.55. The van der Waals surface area contributed by atoms with Crippen molar-refractivity contribution < 1.29 is 14.6 Å². The van der Waals surface area contributed by atoms with Gasteiger partial charge in [0.25, 0.3) is 5.91 Å². The van der Waals surface area contributed by atoms with Gasteiger partial charge in [-0.25, -0.2) is 0 Å². The maximum absolute atomic E-state index is 14.2. The quantitative estimate of drug-likeness (QED) is 0.492. The topological polar surface area (TPSA) is 49.8 Å². The van der Waals surface area contributed by atoms with E-state index in [0.29, 0.717) is 11.3 Å². The van der Waals surface area contributed by atoms with E-state index < -0.39 is 0 Å². The zero-order valence-electron chi connectivity index (χ0n) is 21.0. The van der Waals surface area contributed by atoms with Crippen LogP contribution in [0.25, 0.3) is 0 Å². The van der Waals surface area contributed by atoms with Gasteiger partial charge in [-0.2, -0.15) is 0 Å². The molecular weight excluding hydrogens is 410 g/mol. The van der Waals surface area contributed by atoms with Crippen molar-refractivity contribution in [1.82, 2.24) is 0 Å². The van der Waals surface area contributed by atoms with Crippen LogP contribution in [0, 0.1) is 12.8 Å². The smallest absolute Gasteiger partial charge is 0.259 e. The lowest BCUT2D eigenvalue weighted by molar-refractivity contribution is 0.0974. The SMILES string of the molecule is Cc1ccc2c(c1)OC1=CC(C)C=CC1N2C(=O)c1cc(C(C)(C)C)c(O)c(C(C)(C)C)c1. The molecule has 1 heterocycles. The molecule has 0 saturated carbocycles. The van der Waals surface area contributed by atoms with Crippen molar-refractivity contribution in [3.8, 4) is 11.5 Å². The summed E-state index contributed by atoms with van der Waals surface area (Å²) in [7, 11) is 0. The monoisotopic (exact) mass is 445 g/mol. The van der Waals surface area contributed by atoms with Crippen LogP contribution in [-0.2, 0) is 10.8 Å². The molecule has 1 N–H and O–H groups in total. The lowest BCUT2D eigenvalue weighted by atomic mass is 9.78. The Morgan fingerprint density at radius 2 is 1.58 bits per heavy atom. The number of aromatic hydroxyl groups is 1. The van der Waals surface area contributed by atoms with Crippen molar-refractivity contribution in [3.05, 3.63) is 76.6 Å². The second-order valence-electron chi connectivity index (χ2n) is 11.4. The van der Waals surface area contributed by atoms with E-state index in [1.807, 2.05) is 42.2 Å². The molecule has 1 aliphatic heterocycles. The third kappa shape index (κ3) is 4.19. The Bertz CT molecular complexity index is 1140. The number of benzene rings is 2. The molecule has 2 aromatic rings. The number of nitrogens with zero attached hydrogens (tertiary/aromatic N) is 1. The summed E-state index contributed by atoms with van der Waals surface area (Å²) >= 11 is 0. The lowest BCUT2D eigenvalue weighted by Crippen LogP contribution is -2.45. The summed E-state index contributed by atoms with van der Waals surface area (Å²) in [5.41, 5.74) is 3.34. The summed E-state index contributed by atoms with van der Waals surface area (Å²) in [5.74, 6) is 1.89. The molecule has 0 radical (unpaired) electrons. The van der Waals surface area contributed by atoms with Crippen LogP contribution >= 0.6 is 0 Å². The normalized spacial score (nSPS) is 20.0. The second kappa shape index (κ2) is 7.79. The molecule has 1 aliphatic carbocycles. The van der Waals surface area contributed by atoms with Crippen molar-refractivity contribution in [2.45, 2.75) is 72.3 Å². The van der Waals surface area contributed by atoms with E-state index in [2.05, 4.69) is 66.7 Å². The standard InChI is InChI=1S/C29H35NO3/c1-17-9-11-22-24(13-17)33-25-14-18(2)10-12-23(25)30(22)27(32)19-15-20(28(3,4)5)26(31)21(16-19)29(6,7)8/h9-17,22,31H,1-8H3. The zero-order chi connectivity index (χ0) is 24.3. The summed E-state index contributed by atoms with van der Waals surface area (Å²) in [5, 5.41) is 11.1. The first-order valence-corrected chi connectivity index (χ1v) is 11.7. The Hall–Kier alpha value is -3.01. The van der Waals surface area contributed by atoms with Crippen LogP contribution in [0.5, 0.6) is 11.5 Å². The van der Waals surface area contributed by atoms with E-state index in [1.54, 1.807) is 0 Å². The Labute approximate surface area is 197 Å². The highest BCUT2D eigenvalue weighted by Crippen LogP contribution is 2.44. The number of phenolic OH excluding ortho intramolecular Hbond substituents is 1. The molecule has 1 amide bonds. The van der Waals surface area contributed by atoms with Gasteiger partial charge in [-0.15, -0.1) is 0 Å². The highest BCUT2D eigenvalue weighted by atomic mass is 16.5. The third-order valence-corrected chi connectivity index (χ3v) is 6.39. The van der Waals surface area contributed by atoms with Gasteiger partial charge in [0.05, 0.1) is 5.69 Å². The molecule has 2 aromatic carbocycles. The van der Waals surface area contributed by atoms with Gasteiger partial charge in [0.2, 0.25) is 0 Å². The molecule has 174 valence electrons. The minimum atomic E-state index is -0.314. The first-order valence-electron chi connectivity index (χ1n) is 11.7. The summed E-state index contributed by atoms with van der Waals surface area (Å²) in [4.78, 5) is 16.0. The first-order chi connectivity index (χ1) is 15.3. The van der Waals surface area contributed by atoms with Crippen LogP contribution < -0.4 is 9.64 Å². The average molecular weight is 446 g/mol. The number of phenols is 1. The number of ether oxygens (including phenoxy) is 1. The summed E-state index contributed by atoms with van der Waals surface area (Å²) < 4.78 is 6.25. The molecule has 33 heavy (non-hydrogen) atoms. The van der Waals surface area contributed by atoms with E-state index >= 15 is 0 Å². The van der Waals surface area contributed by atoms with E-state index in [4.69, 9.17) is 4.74 Å². The van der Waals surface area contributed by atoms with Crippen LogP contribution in [0.2, 0.25) is 0 Å². The fraction of sp³-hybridized carbons (Fsp3) is 0.414. The molecule has 0 saturated heterocycles. The number of amides is 1. The van der Waals surface area contributed by atoms with Gasteiger partial charge in [0, 0.05) is 16.7 Å². The lowest BCUT2D eigenvalue weighted by Gasteiger charge is -2.39. The van der Waals surface area contributed by atoms with E-state index in [9.17, 15) is 9.90 Å². The van der Waals surface area contributed by atoms with E-state index in [0.717, 1.165) is 28.1 Å². The molecule has 2 atom stereocenters. The molecule has 4 nitrogen and oxygen atoms in total.